The maximum absolute atomic E-state index is 13.3. The molecule has 0 bridgehead atoms. The molecule has 1 aromatic rings. The number of hydrogen-bond donors (Lipinski definition) is 1. The van der Waals surface area contributed by atoms with E-state index < -0.39 is 20.9 Å². The highest BCUT2D eigenvalue weighted by molar-refractivity contribution is 7.89. The molecule has 0 saturated heterocycles. The third-order valence-corrected chi connectivity index (χ3v) is 3.95. The summed E-state index contributed by atoms with van der Waals surface area (Å²) in [5.41, 5.74) is 0. The van der Waals surface area contributed by atoms with E-state index in [0.717, 1.165) is 12.1 Å². The average molecular weight is 284 g/mol. The number of hydrogen-bond acceptors (Lipinski definition) is 2. The molecule has 0 spiro atoms. The van der Waals surface area contributed by atoms with Crippen molar-refractivity contribution in [1.29, 1.82) is 0 Å². The minimum Gasteiger partial charge on any atom is -0.207 e. The molecule has 1 rings (SSSR count). The van der Waals surface area contributed by atoms with Gasteiger partial charge in [-0.2, -0.15) is 0 Å². The van der Waals surface area contributed by atoms with Gasteiger partial charge in [0.2, 0.25) is 10.0 Å². The van der Waals surface area contributed by atoms with Crippen LogP contribution < -0.4 is 4.72 Å². The Labute approximate surface area is 103 Å². The van der Waals surface area contributed by atoms with Crippen molar-refractivity contribution in [3.63, 3.8) is 0 Å². The maximum Gasteiger partial charge on any atom is 0.242 e. The van der Waals surface area contributed by atoms with Crippen LogP contribution in [0.2, 0.25) is 10.0 Å². The van der Waals surface area contributed by atoms with Crippen molar-refractivity contribution in [2.45, 2.75) is 4.90 Å². The van der Waals surface area contributed by atoms with Gasteiger partial charge in [0.15, 0.2) is 5.82 Å². The van der Waals surface area contributed by atoms with Gasteiger partial charge < -0.3 is 0 Å². The van der Waals surface area contributed by atoms with Crippen molar-refractivity contribution >= 4 is 33.2 Å². The first-order valence-electron chi connectivity index (χ1n) is 4.14. The fourth-order valence-corrected chi connectivity index (χ4v) is 2.70. The first-order valence-corrected chi connectivity index (χ1v) is 6.38. The van der Waals surface area contributed by atoms with Crippen LogP contribution >= 0.6 is 23.2 Å². The summed E-state index contributed by atoms with van der Waals surface area (Å²) < 4.78 is 38.7. The molecule has 88 valence electrons. The molecule has 1 N–H and O–H groups in total. The van der Waals surface area contributed by atoms with Crippen molar-refractivity contribution < 1.29 is 12.8 Å². The van der Waals surface area contributed by atoms with E-state index in [1.165, 1.54) is 6.08 Å². The number of rotatable bonds is 4. The van der Waals surface area contributed by atoms with Gasteiger partial charge >= 0.3 is 0 Å². The molecule has 3 nitrogen and oxygen atoms in total. The monoisotopic (exact) mass is 283 g/mol. The van der Waals surface area contributed by atoms with E-state index in [-0.39, 0.29) is 16.5 Å². The molecule has 0 atom stereocenters. The van der Waals surface area contributed by atoms with Crippen LogP contribution in [0.15, 0.2) is 29.7 Å². The van der Waals surface area contributed by atoms with Crippen molar-refractivity contribution in [2.75, 3.05) is 6.54 Å². The number of benzene rings is 1. The third kappa shape index (κ3) is 2.74. The van der Waals surface area contributed by atoms with Crippen LogP contribution in [0.5, 0.6) is 0 Å². The first kappa shape index (κ1) is 13.4. The second-order valence-electron chi connectivity index (χ2n) is 2.81. The molecule has 7 heteroatoms. The van der Waals surface area contributed by atoms with Gasteiger partial charge in [-0.25, -0.2) is 17.5 Å². The summed E-state index contributed by atoms with van der Waals surface area (Å²) in [7, 11) is -3.84. The van der Waals surface area contributed by atoms with Crippen LogP contribution in [0, 0.1) is 5.82 Å². The lowest BCUT2D eigenvalue weighted by Crippen LogP contribution is -2.24. The largest absolute Gasteiger partial charge is 0.242 e. The highest BCUT2D eigenvalue weighted by Crippen LogP contribution is 2.29. The topological polar surface area (TPSA) is 46.2 Å². The summed E-state index contributed by atoms with van der Waals surface area (Å²) in [6.45, 7) is 3.39. The SMILES string of the molecule is C=CCNS(=O)(=O)c1ccc(Cl)c(F)c1Cl. The lowest BCUT2D eigenvalue weighted by Gasteiger charge is -2.07. The minimum absolute atomic E-state index is 0.0307. The van der Waals surface area contributed by atoms with Gasteiger partial charge in [0.25, 0.3) is 0 Å². The van der Waals surface area contributed by atoms with Crippen molar-refractivity contribution in [1.82, 2.24) is 4.72 Å². The molecular formula is C9H8Cl2FNO2S. The Morgan fingerprint density at radius 1 is 1.44 bits per heavy atom. The van der Waals surface area contributed by atoms with E-state index in [9.17, 15) is 12.8 Å². The van der Waals surface area contributed by atoms with Crippen LogP contribution in [0.4, 0.5) is 4.39 Å². The predicted octanol–water partition coefficient (Wildman–Crippen LogP) is 2.60. The molecule has 0 heterocycles. The van der Waals surface area contributed by atoms with Crippen LogP contribution in [0.1, 0.15) is 0 Å². The Bertz CT molecular complexity index is 516. The van der Waals surface area contributed by atoms with Gasteiger partial charge in [0.05, 0.1) is 10.0 Å². The lowest BCUT2D eigenvalue weighted by atomic mass is 10.3. The first-order chi connectivity index (χ1) is 7.40. The van der Waals surface area contributed by atoms with Crippen LogP contribution in [0.25, 0.3) is 0 Å². The quantitative estimate of drug-likeness (QED) is 0.682. The molecule has 0 unspecified atom stereocenters. The van der Waals surface area contributed by atoms with Crippen LogP contribution in [-0.2, 0) is 10.0 Å². The fraction of sp³-hybridized carbons (Fsp3) is 0.111. The summed E-state index contributed by atoms with van der Waals surface area (Å²) in [5.74, 6) is -0.954. The summed E-state index contributed by atoms with van der Waals surface area (Å²) in [6, 6.07) is 2.27. The molecule has 0 radical (unpaired) electrons. The predicted molar refractivity (Wildman–Crippen MR) is 61.8 cm³/mol. The molecule has 0 aromatic heterocycles. The van der Waals surface area contributed by atoms with E-state index in [4.69, 9.17) is 23.2 Å². The van der Waals surface area contributed by atoms with Gasteiger partial charge in [-0.15, -0.1) is 6.58 Å². The van der Waals surface area contributed by atoms with Crippen LogP contribution in [-0.4, -0.2) is 15.0 Å². The minimum atomic E-state index is -3.84. The van der Waals surface area contributed by atoms with E-state index in [1.807, 2.05) is 0 Å². The highest BCUT2D eigenvalue weighted by Gasteiger charge is 2.20. The van der Waals surface area contributed by atoms with Gasteiger partial charge in [0.1, 0.15) is 4.90 Å². The zero-order valence-corrected chi connectivity index (χ0v) is 10.3. The molecule has 0 saturated carbocycles. The van der Waals surface area contributed by atoms with E-state index in [2.05, 4.69) is 11.3 Å². The van der Waals surface area contributed by atoms with Gasteiger partial charge in [0, 0.05) is 6.54 Å². The van der Waals surface area contributed by atoms with Crippen molar-refractivity contribution in [2.24, 2.45) is 0 Å². The molecule has 0 aliphatic heterocycles. The standard InChI is InChI=1S/C9H8Cl2FNO2S/c1-2-5-13-16(14,15)7-4-3-6(10)9(12)8(7)11/h2-4,13H,1,5H2. The van der Waals surface area contributed by atoms with Crippen molar-refractivity contribution in [3.8, 4) is 0 Å². The molecule has 0 amide bonds. The molecule has 1 aromatic carbocycles. The molecule has 16 heavy (non-hydrogen) atoms. The normalized spacial score (nSPS) is 11.4. The second kappa shape index (κ2) is 5.14. The van der Waals surface area contributed by atoms with E-state index in [0.29, 0.717) is 0 Å². The number of halogens is 3. The molecule has 0 aliphatic rings. The Kier molecular flexibility index (Phi) is 4.32. The lowest BCUT2D eigenvalue weighted by molar-refractivity contribution is 0.581. The maximum atomic E-state index is 13.3. The third-order valence-electron chi connectivity index (χ3n) is 1.71. The van der Waals surface area contributed by atoms with Crippen molar-refractivity contribution in [3.05, 3.63) is 40.7 Å². The summed E-state index contributed by atoms with van der Waals surface area (Å²) in [6.07, 6.45) is 1.36. The van der Waals surface area contributed by atoms with Crippen LogP contribution in [0.3, 0.4) is 0 Å². The fourth-order valence-electron chi connectivity index (χ4n) is 0.962. The molecular weight excluding hydrogens is 276 g/mol. The zero-order chi connectivity index (χ0) is 12.3. The van der Waals surface area contributed by atoms with Gasteiger partial charge in [-0.1, -0.05) is 29.3 Å². The molecule has 0 fully saturated rings. The zero-order valence-electron chi connectivity index (χ0n) is 8.00. The Balaban J connectivity index is 3.24. The smallest absolute Gasteiger partial charge is 0.207 e. The molecule has 0 aliphatic carbocycles. The second-order valence-corrected chi connectivity index (χ2v) is 5.33. The summed E-state index contributed by atoms with van der Waals surface area (Å²) in [5, 5.41) is -0.753. The van der Waals surface area contributed by atoms with E-state index in [1.54, 1.807) is 0 Å². The average Bonchev–Trinajstić information content (AvgIpc) is 2.23. The Morgan fingerprint density at radius 3 is 2.62 bits per heavy atom. The van der Waals surface area contributed by atoms with E-state index >= 15 is 0 Å². The number of nitrogens with one attached hydrogen (secondary N) is 1. The van der Waals surface area contributed by atoms with Gasteiger partial charge in [-0.3, -0.25) is 0 Å². The summed E-state index contributed by atoms with van der Waals surface area (Å²) >= 11 is 11.0. The van der Waals surface area contributed by atoms with Gasteiger partial charge in [-0.05, 0) is 12.1 Å². The number of sulfonamides is 1. The summed E-state index contributed by atoms with van der Waals surface area (Å²) in [4.78, 5) is -0.349. The Hall–Kier alpha value is -0.620. The Morgan fingerprint density at radius 2 is 2.06 bits per heavy atom. The highest BCUT2D eigenvalue weighted by atomic mass is 35.5.